The molecule has 41 heavy (non-hydrogen) atoms. The fourth-order valence-corrected chi connectivity index (χ4v) is 5.14. The van der Waals surface area contributed by atoms with Gasteiger partial charge in [0.05, 0.1) is 31.1 Å². The summed E-state index contributed by atoms with van der Waals surface area (Å²) in [4.78, 5) is 20.6. The molecule has 3 aromatic rings. The van der Waals surface area contributed by atoms with E-state index in [9.17, 15) is 19.4 Å². The lowest BCUT2D eigenvalue weighted by Crippen LogP contribution is -2.35. The molecule has 2 aromatic carbocycles. The number of aromatic nitrogens is 2. The molecule has 1 amide bonds. The number of ether oxygens (including phenoxy) is 1. The molecule has 3 N–H and O–H groups in total. The SMILES string of the molecule is [CH2]CC(O)CC(O)CCn1c(-c2ccc(F)cc2)nc(C(=O)NCc2ccc(CN3CCOCC3)cc2)c1C(C)C. The van der Waals surface area contributed by atoms with Crippen LogP contribution in [0, 0.1) is 12.7 Å². The van der Waals surface area contributed by atoms with E-state index >= 15 is 0 Å². The molecule has 0 saturated carbocycles. The van der Waals surface area contributed by atoms with Crippen molar-refractivity contribution in [2.24, 2.45) is 0 Å². The predicted molar refractivity (Wildman–Crippen MR) is 157 cm³/mol. The Bertz CT molecular complexity index is 1250. The highest BCUT2D eigenvalue weighted by Crippen LogP contribution is 2.29. The quantitative estimate of drug-likeness (QED) is 0.286. The molecule has 2 heterocycles. The number of carbonyl (C=O) groups is 1. The van der Waals surface area contributed by atoms with E-state index in [1.54, 1.807) is 12.1 Å². The molecule has 0 aliphatic carbocycles. The summed E-state index contributed by atoms with van der Waals surface area (Å²) in [7, 11) is 0. The zero-order valence-corrected chi connectivity index (χ0v) is 24.1. The van der Waals surface area contributed by atoms with Crippen LogP contribution in [0.1, 0.15) is 66.3 Å². The topological polar surface area (TPSA) is 99.8 Å². The van der Waals surface area contributed by atoms with Crippen molar-refractivity contribution in [2.45, 2.75) is 70.9 Å². The lowest BCUT2D eigenvalue weighted by molar-refractivity contribution is 0.0342. The number of hydrogen-bond acceptors (Lipinski definition) is 6. The van der Waals surface area contributed by atoms with Gasteiger partial charge in [-0.25, -0.2) is 9.37 Å². The number of carbonyl (C=O) groups excluding carboxylic acids is 1. The first-order valence-corrected chi connectivity index (χ1v) is 14.4. The maximum Gasteiger partial charge on any atom is 0.272 e. The smallest absolute Gasteiger partial charge is 0.272 e. The monoisotopic (exact) mass is 565 g/mol. The van der Waals surface area contributed by atoms with Crippen molar-refractivity contribution >= 4 is 5.91 Å². The van der Waals surface area contributed by atoms with Gasteiger partial charge < -0.3 is 24.8 Å². The van der Waals surface area contributed by atoms with Crippen LogP contribution in [0.4, 0.5) is 4.39 Å². The minimum atomic E-state index is -0.737. The van der Waals surface area contributed by atoms with E-state index in [-0.39, 0.29) is 24.1 Å². The number of aliphatic hydroxyl groups is 2. The molecule has 221 valence electrons. The maximum absolute atomic E-state index is 13.7. The number of hydrogen-bond donors (Lipinski definition) is 3. The van der Waals surface area contributed by atoms with E-state index in [0.717, 1.165) is 44.1 Å². The zero-order valence-electron chi connectivity index (χ0n) is 24.1. The molecular weight excluding hydrogens is 523 g/mol. The van der Waals surface area contributed by atoms with Crippen molar-refractivity contribution in [3.05, 3.63) is 83.8 Å². The van der Waals surface area contributed by atoms with Crippen LogP contribution >= 0.6 is 0 Å². The molecule has 0 bridgehead atoms. The van der Waals surface area contributed by atoms with Gasteiger partial charge in [-0.1, -0.05) is 45.0 Å². The summed E-state index contributed by atoms with van der Waals surface area (Å²) < 4.78 is 21.1. The van der Waals surface area contributed by atoms with Crippen molar-refractivity contribution in [3.63, 3.8) is 0 Å². The molecule has 1 fully saturated rings. The number of halogens is 1. The van der Waals surface area contributed by atoms with E-state index in [0.29, 0.717) is 43.0 Å². The zero-order chi connectivity index (χ0) is 29.4. The van der Waals surface area contributed by atoms with Crippen molar-refractivity contribution < 1.29 is 24.1 Å². The number of rotatable bonds is 13. The Morgan fingerprint density at radius 3 is 2.34 bits per heavy atom. The summed E-state index contributed by atoms with van der Waals surface area (Å²) in [6, 6.07) is 14.3. The summed E-state index contributed by atoms with van der Waals surface area (Å²) in [6.45, 7) is 12.7. The summed E-state index contributed by atoms with van der Waals surface area (Å²) in [6.07, 6.45) is -0.512. The van der Waals surface area contributed by atoms with Crippen molar-refractivity contribution in [1.29, 1.82) is 0 Å². The van der Waals surface area contributed by atoms with Gasteiger partial charge in [0.25, 0.3) is 5.91 Å². The molecule has 2 atom stereocenters. The number of aliphatic hydroxyl groups excluding tert-OH is 2. The van der Waals surface area contributed by atoms with Gasteiger partial charge in [0.2, 0.25) is 0 Å². The van der Waals surface area contributed by atoms with E-state index in [1.807, 2.05) is 30.5 Å². The molecule has 4 rings (SSSR count). The lowest BCUT2D eigenvalue weighted by Gasteiger charge is -2.26. The molecule has 1 radical (unpaired) electrons. The van der Waals surface area contributed by atoms with Crippen LogP contribution in [0.25, 0.3) is 11.4 Å². The van der Waals surface area contributed by atoms with Crippen LogP contribution in [0.2, 0.25) is 0 Å². The summed E-state index contributed by atoms with van der Waals surface area (Å²) in [5.41, 5.74) is 3.94. The van der Waals surface area contributed by atoms with Gasteiger partial charge in [0.15, 0.2) is 0 Å². The highest BCUT2D eigenvalue weighted by atomic mass is 19.1. The van der Waals surface area contributed by atoms with E-state index in [1.165, 1.54) is 17.7 Å². The third kappa shape index (κ3) is 8.45. The van der Waals surface area contributed by atoms with Gasteiger partial charge in [0, 0.05) is 38.3 Å². The second-order valence-corrected chi connectivity index (χ2v) is 11.0. The van der Waals surface area contributed by atoms with E-state index in [2.05, 4.69) is 29.3 Å². The van der Waals surface area contributed by atoms with Crippen LogP contribution in [0.3, 0.4) is 0 Å². The van der Waals surface area contributed by atoms with Gasteiger partial charge in [-0.2, -0.15) is 0 Å². The van der Waals surface area contributed by atoms with Crippen LogP contribution in [0.15, 0.2) is 48.5 Å². The summed E-state index contributed by atoms with van der Waals surface area (Å²) in [5, 5.41) is 23.4. The first-order chi connectivity index (χ1) is 19.7. The Morgan fingerprint density at radius 2 is 1.71 bits per heavy atom. The normalized spacial score (nSPS) is 15.7. The number of nitrogens with one attached hydrogen (secondary N) is 1. The average molecular weight is 566 g/mol. The van der Waals surface area contributed by atoms with Gasteiger partial charge in [-0.15, -0.1) is 0 Å². The Balaban J connectivity index is 1.51. The molecule has 1 saturated heterocycles. The summed E-state index contributed by atoms with van der Waals surface area (Å²) in [5.74, 6) is -0.153. The molecular formula is C32H42FN4O4. The predicted octanol–water partition coefficient (Wildman–Crippen LogP) is 4.30. The van der Waals surface area contributed by atoms with Gasteiger partial charge in [0.1, 0.15) is 17.3 Å². The third-order valence-corrected chi connectivity index (χ3v) is 7.42. The van der Waals surface area contributed by atoms with Crippen LogP contribution in [-0.2, 0) is 24.4 Å². The molecule has 1 aliphatic heterocycles. The highest BCUT2D eigenvalue weighted by Gasteiger charge is 2.26. The summed E-state index contributed by atoms with van der Waals surface area (Å²) >= 11 is 0. The van der Waals surface area contributed by atoms with Crippen LogP contribution in [0.5, 0.6) is 0 Å². The largest absolute Gasteiger partial charge is 0.393 e. The number of imidazole rings is 1. The maximum atomic E-state index is 13.7. The third-order valence-electron chi connectivity index (χ3n) is 7.42. The number of benzene rings is 2. The second-order valence-electron chi connectivity index (χ2n) is 11.0. The minimum absolute atomic E-state index is 0.0421. The van der Waals surface area contributed by atoms with Crippen molar-refractivity contribution in [3.8, 4) is 11.4 Å². The first kappa shape index (κ1) is 30.8. The van der Waals surface area contributed by atoms with Crippen LogP contribution < -0.4 is 5.32 Å². The minimum Gasteiger partial charge on any atom is -0.393 e. The van der Waals surface area contributed by atoms with Crippen molar-refractivity contribution in [1.82, 2.24) is 19.8 Å². The molecule has 8 nitrogen and oxygen atoms in total. The first-order valence-electron chi connectivity index (χ1n) is 14.4. The van der Waals surface area contributed by atoms with Crippen molar-refractivity contribution in [2.75, 3.05) is 26.3 Å². The van der Waals surface area contributed by atoms with Gasteiger partial charge in [-0.3, -0.25) is 9.69 Å². The molecule has 9 heteroatoms. The van der Waals surface area contributed by atoms with E-state index < -0.39 is 12.2 Å². The number of amides is 1. The second kappa shape index (κ2) is 14.7. The van der Waals surface area contributed by atoms with Gasteiger partial charge >= 0.3 is 0 Å². The molecule has 0 spiro atoms. The lowest BCUT2D eigenvalue weighted by atomic mass is 10.1. The highest BCUT2D eigenvalue weighted by molar-refractivity contribution is 5.94. The molecule has 1 aliphatic rings. The van der Waals surface area contributed by atoms with E-state index in [4.69, 9.17) is 9.72 Å². The average Bonchev–Trinajstić information content (AvgIpc) is 3.36. The fraction of sp³-hybridized carbons (Fsp3) is 0.469. The van der Waals surface area contributed by atoms with Gasteiger partial charge in [-0.05, 0) is 60.6 Å². The Morgan fingerprint density at radius 1 is 1.05 bits per heavy atom. The van der Waals surface area contributed by atoms with Crippen LogP contribution in [-0.4, -0.2) is 69.1 Å². The Hall–Kier alpha value is -3.11. The fourth-order valence-electron chi connectivity index (χ4n) is 5.14. The molecule has 2 unspecified atom stereocenters. The molecule has 1 aromatic heterocycles. The standard InChI is InChI=1S/C32H42FN4O4/c1-4-27(38)19-28(39)13-14-37-30(22(2)3)29(35-31(37)25-9-11-26(33)12-10-25)32(40)34-20-23-5-7-24(8-6-23)21-36-15-17-41-18-16-36/h5-12,22,27-28,38-39H,1,4,13-21H2,2-3H3,(H,34,40). The number of morpholine rings is 1. The Labute approximate surface area is 242 Å². The Kier molecular flexibility index (Phi) is 11.0. The number of nitrogens with zero attached hydrogens (tertiary/aromatic N) is 3.